The van der Waals surface area contributed by atoms with Crippen LogP contribution in [-0.4, -0.2) is 75.0 Å². The maximum atomic E-state index is 12.0. The smallest absolute Gasteiger partial charge is 0.407 e. The summed E-state index contributed by atoms with van der Waals surface area (Å²) >= 11 is 0. The number of benzene rings is 1. The van der Waals surface area contributed by atoms with Crippen LogP contribution in [0.15, 0.2) is 18.2 Å². The Bertz CT molecular complexity index is 723. The van der Waals surface area contributed by atoms with Gasteiger partial charge in [-0.15, -0.1) is 5.10 Å². The molecule has 2 aromatic rings. The molecule has 3 rings (SSSR count). The molecule has 0 saturated carbocycles. The zero-order valence-corrected chi connectivity index (χ0v) is 13.2. The highest BCUT2D eigenvalue weighted by Crippen LogP contribution is 2.15. The SMILES string of the molecule is O=C(CCCN1CCN(C(=O)O)CC1)Nc1ccc2[nH]nnc2c1. The molecule has 1 aliphatic heterocycles. The maximum absolute atomic E-state index is 12.0. The number of aromatic amines is 1. The third-order valence-corrected chi connectivity index (χ3v) is 4.13. The number of anilines is 1. The lowest BCUT2D eigenvalue weighted by Crippen LogP contribution is -2.48. The second-order valence-corrected chi connectivity index (χ2v) is 5.81. The zero-order chi connectivity index (χ0) is 16.9. The molecule has 0 radical (unpaired) electrons. The predicted octanol–water partition coefficient (Wildman–Crippen LogP) is 0.972. The average molecular weight is 332 g/mol. The monoisotopic (exact) mass is 332 g/mol. The number of H-pyrrole nitrogens is 1. The number of piperazine rings is 1. The van der Waals surface area contributed by atoms with E-state index in [1.165, 1.54) is 4.90 Å². The van der Waals surface area contributed by atoms with Gasteiger partial charge in [0.05, 0.1) is 5.52 Å². The fraction of sp³-hybridized carbons (Fsp3) is 0.467. The Labute approximate surface area is 138 Å². The summed E-state index contributed by atoms with van der Waals surface area (Å²) in [5, 5.41) is 22.2. The van der Waals surface area contributed by atoms with Crippen molar-refractivity contribution in [3.8, 4) is 0 Å². The van der Waals surface area contributed by atoms with Crippen molar-refractivity contribution in [1.82, 2.24) is 25.2 Å². The molecular weight excluding hydrogens is 312 g/mol. The first-order valence-corrected chi connectivity index (χ1v) is 7.93. The van der Waals surface area contributed by atoms with Gasteiger partial charge in [-0.1, -0.05) is 5.21 Å². The second kappa shape index (κ2) is 7.26. The highest BCUT2D eigenvalue weighted by molar-refractivity contribution is 5.92. The van der Waals surface area contributed by atoms with Crippen LogP contribution in [0.3, 0.4) is 0 Å². The van der Waals surface area contributed by atoms with E-state index < -0.39 is 6.09 Å². The van der Waals surface area contributed by atoms with Crippen LogP contribution in [0.1, 0.15) is 12.8 Å². The molecule has 2 heterocycles. The summed E-state index contributed by atoms with van der Waals surface area (Å²) in [7, 11) is 0. The standard InChI is InChI=1S/C15H20N6O3/c22-14(16-11-3-4-12-13(10-11)18-19-17-12)2-1-5-20-6-8-21(9-7-20)15(23)24/h3-4,10H,1-2,5-9H2,(H,16,22)(H,23,24)(H,17,18,19). The van der Waals surface area contributed by atoms with Gasteiger partial charge in [-0.05, 0) is 31.2 Å². The van der Waals surface area contributed by atoms with Gasteiger partial charge in [0.2, 0.25) is 5.91 Å². The molecule has 2 amide bonds. The Morgan fingerprint density at radius 1 is 1.25 bits per heavy atom. The molecule has 24 heavy (non-hydrogen) atoms. The lowest BCUT2D eigenvalue weighted by Gasteiger charge is -2.32. The number of rotatable bonds is 5. The number of amides is 2. The molecular formula is C15H20N6O3. The van der Waals surface area contributed by atoms with Crippen molar-refractivity contribution in [2.45, 2.75) is 12.8 Å². The molecule has 0 atom stereocenters. The van der Waals surface area contributed by atoms with E-state index in [9.17, 15) is 9.59 Å². The lowest BCUT2D eigenvalue weighted by atomic mass is 10.2. The fourth-order valence-corrected chi connectivity index (χ4v) is 2.77. The van der Waals surface area contributed by atoms with E-state index in [0.717, 1.165) is 31.6 Å². The first kappa shape index (κ1) is 16.2. The summed E-state index contributed by atoms with van der Waals surface area (Å²) in [5.74, 6) is -0.0398. The minimum atomic E-state index is -0.863. The van der Waals surface area contributed by atoms with Crippen molar-refractivity contribution < 1.29 is 14.7 Å². The summed E-state index contributed by atoms with van der Waals surface area (Å²) in [4.78, 5) is 26.5. The number of carboxylic acid groups (broad SMARTS) is 1. The number of nitrogens with zero attached hydrogens (tertiary/aromatic N) is 4. The van der Waals surface area contributed by atoms with E-state index in [2.05, 4.69) is 25.6 Å². The average Bonchev–Trinajstić information content (AvgIpc) is 3.03. The minimum absolute atomic E-state index is 0.0398. The van der Waals surface area contributed by atoms with Crippen molar-refractivity contribution >= 4 is 28.7 Å². The third kappa shape index (κ3) is 3.99. The third-order valence-electron chi connectivity index (χ3n) is 4.13. The van der Waals surface area contributed by atoms with Gasteiger partial charge in [-0.25, -0.2) is 4.79 Å². The van der Waals surface area contributed by atoms with Crippen LogP contribution in [-0.2, 0) is 4.79 Å². The lowest BCUT2D eigenvalue weighted by molar-refractivity contribution is -0.116. The summed E-state index contributed by atoms with van der Waals surface area (Å²) in [6.45, 7) is 3.29. The van der Waals surface area contributed by atoms with Crippen LogP contribution in [0, 0.1) is 0 Å². The predicted molar refractivity (Wildman–Crippen MR) is 87.8 cm³/mol. The van der Waals surface area contributed by atoms with Gasteiger partial charge in [0, 0.05) is 38.3 Å². The normalized spacial score (nSPS) is 15.6. The molecule has 9 heteroatoms. The first-order valence-electron chi connectivity index (χ1n) is 7.93. The summed E-state index contributed by atoms with van der Waals surface area (Å²) in [6, 6.07) is 5.42. The van der Waals surface area contributed by atoms with Crippen molar-refractivity contribution in [3.63, 3.8) is 0 Å². The van der Waals surface area contributed by atoms with Gasteiger partial charge in [0.25, 0.3) is 0 Å². The number of hydrogen-bond donors (Lipinski definition) is 3. The van der Waals surface area contributed by atoms with Gasteiger partial charge in [0.15, 0.2) is 0 Å². The zero-order valence-electron chi connectivity index (χ0n) is 13.2. The molecule has 0 bridgehead atoms. The summed E-state index contributed by atoms with van der Waals surface area (Å²) in [5.41, 5.74) is 2.24. The van der Waals surface area contributed by atoms with E-state index in [-0.39, 0.29) is 5.91 Å². The van der Waals surface area contributed by atoms with E-state index in [1.807, 2.05) is 12.1 Å². The van der Waals surface area contributed by atoms with Crippen LogP contribution < -0.4 is 5.32 Å². The molecule has 1 fully saturated rings. The van der Waals surface area contributed by atoms with E-state index in [1.54, 1.807) is 6.07 Å². The fourth-order valence-electron chi connectivity index (χ4n) is 2.77. The second-order valence-electron chi connectivity index (χ2n) is 5.81. The number of carbonyl (C=O) groups is 2. The molecule has 0 aliphatic carbocycles. The summed E-state index contributed by atoms with van der Waals surface area (Å²) < 4.78 is 0. The van der Waals surface area contributed by atoms with Crippen molar-refractivity contribution in [2.75, 3.05) is 38.0 Å². The first-order chi connectivity index (χ1) is 11.6. The van der Waals surface area contributed by atoms with Crippen LogP contribution in [0.5, 0.6) is 0 Å². The Hall–Kier alpha value is -2.68. The highest BCUT2D eigenvalue weighted by Gasteiger charge is 2.19. The number of fused-ring (bicyclic) bond motifs is 1. The number of aromatic nitrogens is 3. The van der Waals surface area contributed by atoms with Crippen molar-refractivity contribution in [1.29, 1.82) is 0 Å². The van der Waals surface area contributed by atoms with Crippen molar-refractivity contribution in [3.05, 3.63) is 18.2 Å². The maximum Gasteiger partial charge on any atom is 0.407 e. The number of carbonyl (C=O) groups excluding carboxylic acids is 1. The molecule has 3 N–H and O–H groups in total. The Morgan fingerprint density at radius 2 is 2.04 bits per heavy atom. The van der Waals surface area contributed by atoms with Crippen LogP contribution in [0.4, 0.5) is 10.5 Å². The van der Waals surface area contributed by atoms with Crippen molar-refractivity contribution in [2.24, 2.45) is 0 Å². The number of nitrogens with one attached hydrogen (secondary N) is 2. The van der Waals surface area contributed by atoms with Crippen LogP contribution in [0.25, 0.3) is 11.0 Å². The van der Waals surface area contributed by atoms with Gasteiger partial charge in [-0.2, -0.15) is 0 Å². The number of hydrogen-bond acceptors (Lipinski definition) is 5. The molecule has 9 nitrogen and oxygen atoms in total. The van der Waals surface area contributed by atoms with E-state index in [4.69, 9.17) is 5.11 Å². The Balaban J connectivity index is 1.39. The summed E-state index contributed by atoms with van der Waals surface area (Å²) in [6.07, 6.45) is 0.305. The topological polar surface area (TPSA) is 114 Å². The van der Waals surface area contributed by atoms with Gasteiger partial charge >= 0.3 is 6.09 Å². The molecule has 0 spiro atoms. The van der Waals surface area contributed by atoms with E-state index >= 15 is 0 Å². The van der Waals surface area contributed by atoms with Crippen LogP contribution in [0.2, 0.25) is 0 Å². The molecule has 1 aromatic heterocycles. The van der Waals surface area contributed by atoms with Gasteiger partial charge < -0.3 is 15.3 Å². The highest BCUT2D eigenvalue weighted by atomic mass is 16.4. The van der Waals surface area contributed by atoms with Gasteiger partial charge in [-0.3, -0.25) is 14.8 Å². The Morgan fingerprint density at radius 3 is 2.79 bits per heavy atom. The molecule has 0 unspecified atom stereocenters. The molecule has 1 saturated heterocycles. The Kier molecular flexibility index (Phi) is 4.90. The largest absolute Gasteiger partial charge is 0.465 e. The van der Waals surface area contributed by atoms with Gasteiger partial charge in [0.1, 0.15) is 5.52 Å². The molecule has 128 valence electrons. The molecule has 1 aliphatic rings. The molecule has 1 aromatic carbocycles. The quantitative estimate of drug-likeness (QED) is 0.752. The van der Waals surface area contributed by atoms with E-state index in [0.29, 0.717) is 30.7 Å². The minimum Gasteiger partial charge on any atom is -0.465 e. The van der Waals surface area contributed by atoms with Crippen LogP contribution >= 0.6 is 0 Å².